The first-order valence-corrected chi connectivity index (χ1v) is 12.6. The number of aryl methyl sites for hydroxylation is 1. The summed E-state index contributed by atoms with van der Waals surface area (Å²) in [4.78, 5) is 25.4. The second kappa shape index (κ2) is 7.93. The van der Waals surface area contributed by atoms with Crippen molar-refractivity contribution in [2.24, 2.45) is 17.3 Å². The number of carbonyl (C=O) groups excluding carboxylic acids is 1. The molecule has 1 amide bonds. The number of aromatic nitrogens is 2. The molecule has 3 unspecified atom stereocenters. The van der Waals surface area contributed by atoms with E-state index in [1.165, 1.54) is 0 Å². The molecule has 2 aromatic rings. The topological polar surface area (TPSA) is 85.5 Å². The molecule has 10 heteroatoms. The summed E-state index contributed by atoms with van der Waals surface area (Å²) in [7, 11) is 1.81. The van der Waals surface area contributed by atoms with Gasteiger partial charge in [-0.15, -0.1) is 0 Å². The number of anilines is 1. The number of halogens is 2. The summed E-state index contributed by atoms with van der Waals surface area (Å²) >= 11 is 0. The molecule has 8 nitrogen and oxygen atoms in total. The summed E-state index contributed by atoms with van der Waals surface area (Å²) in [6, 6.07) is 3.57. The zero-order chi connectivity index (χ0) is 24.7. The van der Waals surface area contributed by atoms with Crippen molar-refractivity contribution in [1.82, 2.24) is 25.7 Å². The molecule has 4 aliphatic rings. The fourth-order valence-corrected chi connectivity index (χ4v) is 6.71. The number of fused-ring (bicyclic) bond motifs is 3. The Balaban J connectivity index is 1.23. The lowest BCUT2D eigenvalue weighted by Crippen LogP contribution is -2.50. The molecule has 6 rings (SSSR count). The molecular formula is C25H34F2N6O2. The molecule has 3 N–H and O–H groups in total. The van der Waals surface area contributed by atoms with Crippen LogP contribution >= 0.6 is 0 Å². The van der Waals surface area contributed by atoms with Crippen molar-refractivity contribution >= 4 is 22.6 Å². The summed E-state index contributed by atoms with van der Waals surface area (Å²) in [6.07, 6.45) is 0.952. The highest BCUT2D eigenvalue weighted by Crippen LogP contribution is 2.73. The van der Waals surface area contributed by atoms with Gasteiger partial charge in [-0.3, -0.25) is 15.1 Å². The summed E-state index contributed by atoms with van der Waals surface area (Å²) in [5, 5.41) is 0. The largest absolute Gasteiger partial charge is 0.379 e. The smallest absolute Gasteiger partial charge is 0.257 e. The Hall–Kier alpha value is -2.14. The summed E-state index contributed by atoms with van der Waals surface area (Å²) < 4.78 is 34.2. The number of ether oxygens (including phenoxy) is 1. The summed E-state index contributed by atoms with van der Waals surface area (Å²) in [5.41, 5.74) is 9.13. The van der Waals surface area contributed by atoms with Crippen molar-refractivity contribution in [2.45, 2.75) is 57.7 Å². The van der Waals surface area contributed by atoms with E-state index in [1.54, 1.807) is 11.8 Å². The predicted octanol–water partition coefficient (Wildman–Crippen LogP) is 2.75. The second-order valence-corrected chi connectivity index (χ2v) is 11.1. The van der Waals surface area contributed by atoms with Gasteiger partial charge in [0.2, 0.25) is 5.91 Å². The van der Waals surface area contributed by atoms with E-state index in [0.717, 1.165) is 41.2 Å². The van der Waals surface area contributed by atoms with Crippen LogP contribution < -0.4 is 15.8 Å². The van der Waals surface area contributed by atoms with Crippen molar-refractivity contribution in [3.8, 4) is 0 Å². The van der Waals surface area contributed by atoms with Crippen LogP contribution in [0.5, 0.6) is 0 Å². The molecule has 0 bridgehead atoms. The van der Waals surface area contributed by atoms with Crippen LogP contribution in [0.4, 0.5) is 14.5 Å². The van der Waals surface area contributed by atoms with E-state index in [2.05, 4.69) is 20.7 Å². The Kier molecular flexibility index (Phi) is 5.27. The van der Waals surface area contributed by atoms with E-state index >= 15 is 0 Å². The van der Waals surface area contributed by atoms with Gasteiger partial charge < -0.3 is 14.6 Å². The van der Waals surface area contributed by atoms with Crippen LogP contribution in [-0.2, 0) is 9.53 Å². The van der Waals surface area contributed by atoms with Crippen molar-refractivity contribution in [3.05, 3.63) is 23.5 Å². The van der Waals surface area contributed by atoms with Crippen LogP contribution in [-0.4, -0.2) is 72.1 Å². The Morgan fingerprint density at radius 1 is 1.29 bits per heavy atom. The van der Waals surface area contributed by atoms with Crippen molar-refractivity contribution in [3.63, 3.8) is 0 Å². The van der Waals surface area contributed by atoms with E-state index in [0.29, 0.717) is 26.1 Å². The minimum absolute atomic E-state index is 0.00515. The van der Waals surface area contributed by atoms with Crippen molar-refractivity contribution in [1.29, 1.82) is 0 Å². The Bertz CT molecular complexity index is 1160. The molecular weight excluding hydrogens is 454 g/mol. The van der Waals surface area contributed by atoms with E-state index < -0.39 is 17.3 Å². The molecule has 1 aromatic carbocycles. The number of amides is 1. The van der Waals surface area contributed by atoms with Gasteiger partial charge in [0, 0.05) is 43.2 Å². The molecule has 190 valence electrons. The highest BCUT2D eigenvalue weighted by atomic mass is 19.3. The van der Waals surface area contributed by atoms with Gasteiger partial charge in [-0.1, -0.05) is 6.92 Å². The molecule has 6 atom stereocenters. The highest BCUT2D eigenvalue weighted by molar-refractivity contribution is 5.99. The number of hydrazine groups is 1. The number of morpholine rings is 1. The van der Waals surface area contributed by atoms with Crippen LogP contribution in [0.3, 0.4) is 0 Å². The number of H-pyrrole nitrogens is 1. The minimum atomic E-state index is -2.57. The molecule has 2 aliphatic carbocycles. The third-order valence-corrected chi connectivity index (χ3v) is 9.16. The third kappa shape index (κ3) is 3.44. The van der Waals surface area contributed by atoms with Crippen molar-refractivity contribution in [2.75, 3.05) is 38.3 Å². The molecule has 3 heterocycles. The first kappa shape index (κ1) is 23.3. The highest BCUT2D eigenvalue weighted by Gasteiger charge is 2.80. The zero-order valence-corrected chi connectivity index (χ0v) is 20.7. The number of hydrogen-bond donors (Lipinski definition) is 3. The first-order chi connectivity index (χ1) is 16.6. The average molecular weight is 489 g/mol. The third-order valence-electron chi connectivity index (χ3n) is 9.16. The Labute approximate surface area is 203 Å². The standard InChI is InChI=1S/C25H34F2N6O2/c1-13-9-16-17(11-19(13)32(4)23(34)14(2)33-5-7-35-8-6-33)29-22(28-16)21-15-10-20-24(3,25(20,26)27)12-18(15)30-31-21/h9,11,14-15,18,20-21,30-31H,5-8,10,12H2,1-4H3,(H,28,29)/t14-,15?,18?,20-,21?,24+/m0/s1. The number of likely N-dealkylation sites (N-methyl/N-ethyl adjacent to an activating group) is 1. The molecule has 1 aromatic heterocycles. The van der Waals surface area contributed by atoms with Gasteiger partial charge in [0.05, 0.1) is 36.3 Å². The predicted molar refractivity (Wildman–Crippen MR) is 128 cm³/mol. The molecule has 2 saturated carbocycles. The van der Waals surface area contributed by atoms with Crippen LogP contribution in [0, 0.1) is 24.2 Å². The van der Waals surface area contributed by atoms with Crippen LogP contribution in [0.1, 0.15) is 44.1 Å². The van der Waals surface area contributed by atoms with Gasteiger partial charge in [-0.25, -0.2) is 19.2 Å². The van der Waals surface area contributed by atoms with Gasteiger partial charge in [-0.2, -0.15) is 0 Å². The zero-order valence-electron chi connectivity index (χ0n) is 20.7. The number of imidazole rings is 1. The molecule has 4 fully saturated rings. The monoisotopic (exact) mass is 488 g/mol. The molecule has 2 saturated heterocycles. The lowest BCUT2D eigenvalue weighted by atomic mass is 9.77. The number of nitrogens with one attached hydrogen (secondary N) is 3. The fourth-order valence-electron chi connectivity index (χ4n) is 6.71. The molecule has 2 aliphatic heterocycles. The number of rotatable bonds is 4. The van der Waals surface area contributed by atoms with Gasteiger partial charge >= 0.3 is 0 Å². The first-order valence-electron chi connectivity index (χ1n) is 12.6. The quantitative estimate of drug-likeness (QED) is 0.614. The van der Waals surface area contributed by atoms with E-state index in [-0.39, 0.29) is 30.0 Å². The minimum Gasteiger partial charge on any atom is -0.379 e. The molecule has 0 radical (unpaired) electrons. The van der Waals surface area contributed by atoms with Crippen molar-refractivity contribution < 1.29 is 18.3 Å². The Morgan fingerprint density at radius 2 is 2.03 bits per heavy atom. The van der Waals surface area contributed by atoms with E-state index in [1.807, 2.05) is 33.0 Å². The van der Waals surface area contributed by atoms with E-state index in [4.69, 9.17) is 9.72 Å². The maximum Gasteiger partial charge on any atom is 0.257 e. The Morgan fingerprint density at radius 3 is 2.77 bits per heavy atom. The molecule has 35 heavy (non-hydrogen) atoms. The van der Waals surface area contributed by atoms with Crippen LogP contribution in [0.15, 0.2) is 12.1 Å². The fraction of sp³-hybridized carbons (Fsp3) is 0.680. The maximum atomic E-state index is 14.4. The number of hydrogen-bond acceptors (Lipinski definition) is 6. The number of carbonyl (C=O) groups is 1. The van der Waals surface area contributed by atoms with Gasteiger partial charge in [0.25, 0.3) is 5.92 Å². The number of nitrogens with zero attached hydrogens (tertiary/aromatic N) is 3. The van der Waals surface area contributed by atoms with Gasteiger partial charge in [-0.05, 0) is 50.3 Å². The van der Waals surface area contributed by atoms with Crippen LogP contribution in [0.25, 0.3) is 11.0 Å². The SMILES string of the molecule is Cc1cc2[nH]c(C3NNC4C[C@]5(C)[C@H](CC43)C5(F)F)nc2cc1N(C)C(=O)[C@H](C)N1CCOCC1. The molecule has 0 spiro atoms. The number of alkyl halides is 2. The average Bonchev–Trinajstić information content (AvgIpc) is 3.23. The number of benzene rings is 1. The van der Waals surface area contributed by atoms with Gasteiger partial charge in [0.1, 0.15) is 5.82 Å². The summed E-state index contributed by atoms with van der Waals surface area (Å²) in [5.74, 6) is -2.28. The van der Waals surface area contributed by atoms with E-state index in [9.17, 15) is 13.6 Å². The lowest BCUT2D eigenvalue weighted by molar-refractivity contribution is -0.124. The normalized spacial score (nSPS) is 34.9. The number of aromatic amines is 1. The summed E-state index contributed by atoms with van der Waals surface area (Å²) in [6.45, 7) is 8.43. The van der Waals surface area contributed by atoms with Gasteiger partial charge in [0.15, 0.2) is 0 Å². The van der Waals surface area contributed by atoms with Crippen LogP contribution in [0.2, 0.25) is 0 Å². The maximum absolute atomic E-state index is 14.4. The second-order valence-electron chi connectivity index (χ2n) is 11.1. The lowest BCUT2D eigenvalue weighted by Gasteiger charge is -2.33.